The Balaban J connectivity index is -0.000000242. The molecule has 0 aromatic rings. The van der Waals surface area contributed by atoms with Crippen LogP contribution in [0.3, 0.4) is 0 Å². The number of rotatable bonds is 12. The number of halogens is 4. The van der Waals surface area contributed by atoms with Gasteiger partial charge in [-0.25, -0.2) is 0 Å². The van der Waals surface area contributed by atoms with Crippen molar-refractivity contribution in [1.82, 2.24) is 0 Å². The molecule has 7 atom stereocenters. The molecule has 0 saturated heterocycles. The molecule has 0 saturated carbocycles. The van der Waals surface area contributed by atoms with Crippen LogP contribution in [0.5, 0.6) is 0 Å². The maximum Gasteiger partial charge on any atom is 0.171 e. The van der Waals surface area contributed by atoms with Crippen molar-refractivity contribution in [2.45, 2.75) is 192 Å². The quantitative estimate of drug-likeness (QED) is 0.118. The Morgan fingerprint density at radius 1 is 0.614 bits per heavy atom. The molecule has 4 N–H and O–H groups in total. The average molecular weight is 723 g/mol. The molecule has 44 heavy (non-hydrogen) atoms. The van der Waals surface area contributed by atoms with Gasteiger partial charge in [0, 0.05) is 0 Å². The van der Waals surface area contributed by atoms with Crippen molar-refractivity contribution in [2.75, 3.05) is 13.2 Å². The van der Waals surface area contributed by atoms with E-state index in [1.54, 1.807) is 6.92 Å². The SMILES string of the molecule is CC(O)C(Cl)COC(C)(C)C.CCC(Cl)C(O)OC(C)(C)C.CCC(O)(Cl)COC(C)(C)C.CCC(O)C(Cl)OC(C)(C)C. The minimum atomic E-state index is -1.20. The minimum absolute atomic E-state index is 0.175. The second-order valence-electron chi connectivity index (χ2n) is 14.5. The molecule has 0 aliphatic carbocycles. The van der Waals surface area contributed by atoms with Gasteiger partial charge in [-0.15, -0.1) is 23.2 Å². The van der Waals surface area contributed by atoms with Gasteiger partial charge in [0.25, 0.3) is 0 Å². The van der Waals surface area contributed by atoms with E-state index in [4.69, 9.17) is 70.5 Å². The van der Waals surface area contributed by atoms with E-state index in [9.17, 15) is 15.3 Å². The molecule has 0 aromatic carbocycles. The molecule has 0 heterocycles. The van der Waals surface area contributed by atoms with Gasteiger partial charge >= 0.3 is 0 Å². The van der Waals surface area contributed by atoms with Crippen LogP contribution < -0.4 is 0 Å². The molecule has 0 radical (unpaired) electrons. The van der Waals surface area contributed by atoms with Crippen LogP contribution >= 0.6 is 46.4 Å². The molecule has 8 nitrogen and oxygen atoms in total. The van der Waals surface area contributed by atoms with Crippen LogP contribution in [0.15, 0.2) is 0 Å². The minimum Gasteiger partial charge on any atom is -0.392 e. The first kappa shape index (κ1) is 51.7. The Bertz CT molecular complexity index is 641. The lowest BCUT2D eigenvalue weighted by Gasteiger charge is -2.26. The van der Waals surface area contributed by atoms with Gasteiger partial charge < -0.3 is 39.4 Å². The van der Waals surface area contributed by atoms with Crippen LogP contribution in [0.25, 0.3) is 0 Å². The van der Waals surface area contributed by atoms with E-state index < -0.39 is 29.1 Å². The van der Waals surface area contributed by atoms with E-state index >= 15 is 0 Å². The maximum absolute atomic E-state index is 9.33. The Kier molecular flexibility index (Phi) is 28.2. The summed E-state index contributed by atoms with van der Waals surface area (Å²) >= 11 is 22.9. The summed E-state index contributed by atoms with van der Waals surface area (Å²) in [6.07, 6.45) is -0.134. The highest BCUT2D eigenvalue weighted by atomic mass is 35.5. The zero-order valence-electron chi connectivity index (χ0n) is 30.4. The highest BCUT2D eigenvalue weighted by Crippen LogP contribution is 2.20. The van der Waals surface area contributed by atoms with Crippen LogP contribution in [0, 0.1) is 0 Å². The third kappa shape index (κ3) is 40.9. The zero-order valence-corrected chi connectivity index (χ0v) is 33.5. The van der Waals surface area contributed by atoms with E-state index in [-0.39, 0.29) is 39.8 Å². The topological polar surface area (TPSA) is 118 Å². The zero-order chi connectivity index (χ0) is 36.3. The second-order valence-corrected chi connectivity index (χ2v) is 16.7. The Labute approximate surface area is 290 Å². The highest BCUT2D eigenvalue weighted by Gasteiger charge is 2.25. The summed E-state index contributed by atoms with van der Waals surface area (Å²) in [5.41, 5.74) is -1.63. The fraction of sp³-hybridized carbons (Fsp3) is 1.00. The number of ether oxygens (including phenoxy) is 4. The molecule has 0 aliphatic rings. The van der Waals surface area contributed by atoms with E-state index in [1.807, 2.05) is 104 Å². The summed E-state index contributed by atoms with van der Waals surface area (Å²) in [6, 6.07) is 0. The lowest BCUT2D eigenvalue weighted by Crippen LogP contribution is -2.33. The predicted molar refractivity (Wildman–Crippen MR) is 187 cm³/mol. The van der Waals surface area contributed by atoms with Gasteiger partial charge in [-0.05, 0) is 109 Å². The summed E-state index contributed by atoms with van der Waals surface area (Å²) in [5, 5.41) is 35.0. The van der Waals surface area contributed by atoms with Crippen LogP contribution in [0.2, 0.25) is 0 Å². The summed E-state index contributed by atoms with van der Waals surface area (Å²) in [6.45, 7) is 30.8. The van der Waals surface area contributed by atoms with Gasteiger partial charge in [-0.1, -0.05) is 44.0 Å². The summed E-state index contributed by atoms with van der Waals surface area (Å²) in [4.78, 5) is 0. The Hall–Kier alpha value is 0.840. The monoisotopic (exact) mass is 720 g/mol. The van der Waals surface area contributed by atoms with Crippen molar-refractivity contribution >= 4 is 46.4 Å². The molecule has 0 aromatic heterocycles. The van der Waals surface area contributed by atoms with Crippen LogP contribution in [0.4, 0.5) is 0 Å². The molecule has 7 unspecified atom stereocenters. The van der Waals surface area contributed by atoms with Crippen molar-refractivity contribution in [3.8, 4) is 0 Å². The molecular weight excluding hydrogens is 654 g/mol. The number of aliphatic hydroxyl groups is 4. The van der Waals surface area contributed by atoms with Gasteiger partial charge in [0.2, 0.25) is 0 Å². The van der Waals surface area contributed by atoms with Crippen molar-refractivity contribution in [3.05, 3.63) is 0 Å². The normalized spacial score (nSPS) is 18.0. The number of alkyl halides is 4. The lowest BCUT2D eigenvalue weighted by molar-refractivity contribution is -0.165. The third-order valence-electron chi connectivity index (χ3n) is 4.83. The van der Waals surface area contributed by atoms with Crippen LogP contribution in [-0.2, 0) is 18.9 Å². The first-order valence-corrected chi connectivity index (χ1v) is 17.0. The largest absolute Gasteiger partial charge is 0.392 e. The number of hydrogen-bond acceptors (Lipinski definition) is 8. The van der Waals surface area contributed by atoms with Crippen molar-refractivity contribution in [2.24, 2.45) is 0 Å². The van der Waals surface area contributed by atoms with Crippen LogP contribution in [0.1, 0.15) is 130 Å². The van der Waals surface area contributed by atoms with E-state index in [2.05, 4.69) is 0 Å². The third-order valence-corrected chi connectivity index (χ3v) is 6.60. The summed E-state index contributed by atoms with van der Waals surface area (Å²) in [7, 11) is 0. The van der Waals surface area contributed by atoms with Gasteiger partial charge in [0.05, 0.1) is 58.6 Å². The highest BCUT2D eigenvalue weighted by molar-refractivity contribution is 6.22. The van der Waals surface area contributed by atoms with Gasteiger partial charge in [-0.3, -0.25) is 0 Å². The lowest BCUT2D eigenvalue weighted by atomic mass is 10.2. The molecule has 0 rings (SSSR count). The molecule has 0 aliphatic heterocycles. The van der Waals surface area contributed by atoms with Crippen molar-refractivity contribution in [1.29, 1.82) is 0 Å². The fourth-order valence-corrected chi connectivity index (χ4v) is 2.75. The predicted octanol–water partition coefficient (Wildman–Crippen LogP) is 8.20. The number of hydrogen-bond donors (Lipinski definition) is 4. The van der Waals surface area contributed by atoms with Gasteiger partial charge in [0.15, 0.2) is 16.9 Å². The smallest absolute Gasteiger partial charge is 0.171 e. The van der Waals surface area contributed by atoms with Gasteiger partial charge in [-0.2, -0.15) is 0 Å². The maximum atomic E-state index is 9.33. The Morgan fingerprint density at radius 3 is 1.30 bits per heavy atom. The standard InChI is InChI=1S/4C8H17ClO2/c1-6(10)7(9)5-11-8(2,3)4;1-5-8(9,10)6-11-7(2,3)4;1-5-6(10)7(9)11-8(2,3)4;1-5-6(9)7(10)11-8(2,3)4/h6-7,10H,5H2,1-4H3;10H,5-6H2,1-4H3;2*6-7,10H,5H2,1-4H3. The average Bonchev–Trinajstić information content (AvgIpc) is 2.83. The summed E-state index contributed by atoms with van der Waals surface area (Å²) in [5.74, 6) is 0. The first-order valence-electron chi connectivity index (χ1n) is 15.3. The van der Waals surface area contributed by atoms with E-state index in [1.165, 1.54) is 0 Å². The second kappa shape index (κ2) is 24.0. The van der Waals surface area contributed by atoms with Crippen LogP contribution in [-0.4, -0.2) is 95.9 Å². The summed E-state index contributed by atoms with van der Waals surface area (Å²) < 4.78 is 21.2. The van der Waals surface area contributed by atoms with E-state index in [0.717, 1.165) is 0 Å². The molecule has 0 amide bonds. The molecule has 272 valence electrons. The molecule has 0 bridgehead atoms. The van der Waals surface area contributed by atoms with E-state index in [0.29, 0.717) is 25.9 Å². The van der Waals surface area contributed by atoms with Crippen molar-refractivity contribution in [3.63, 3.8) is 0 Å². The first-order chi connectivity index (χ1) is 19.3. The van der Waals surface area contributed by atoms with Gasteiger partial charge in [0.1, 0.15) is 0 Å². The van der Waals surface area contributed by atoms with Crippen molar-refractivity contribution < 1.29 is 39.4 Å². The fourth-order valence-electron chi connectivity index (χ4n) is 2.14. The Morgan fingerprint density at radius 2 is 1.02 bits per heavy atom. The number of aliphatic hydroxyl groups excluding tert-OH is 3. The molecule has 0 spiro atoms. The molecular formula is C32H68Cl4O8. The molecule has 0 fully saturated rings. The molecule has 12 heteroatoms.